The second-order valence-corrected chi connectivity index (χ2v) is 3.27. The van der Waals surface area contributed by atoms with E-state index in [0.717, 1.165) is 18.2 Å². The number of carboxylic acid groups (broad SMARTS) is 1. The molecule has 0 aliphatic rings. The van der Waals surface area contributed by atoms with Crippen LogP contribution in [-0.2, 0) is 4.79 Å². The van der Waals surface area contributed by atoms with Crippen LogP contribution in [0.25, 0.3) is 0 Å². The number of non-ortho nitro benzene ring substituents is 1. The van der Waals surface area contributed by atoms with Crippen LogP contribution in [0.2, 0.25) is 0 Å². The maximum absolute atomic E-state index is 13.3. The summed E-state index contributed by atoms with van der Waals surface area (Å²) in [6.45, 7) is 0. The van der Waals surface area contributed by atoms with Crippen molar-refractivity contribution in [2.75, 3.05) is 0 Å². The molecule has 0 heterocycles. The van der Waals surface area contributed by atoms with E-state index in [4.69, 9.17) is 10.8 Å². The van der Waals surface area contributed by atoms with Crippen molar-refractivity contribution in [3.8, 4) is 0 Å². The quantitative estimate of drug-likeness (QED) is 0.512. The van der Waals surface area contributed by atoms with Crippen molar-refractivity contribution in [1.82, 2.24) is 0 Å². The maximum Gasteiger partial charge on any atom is 0.323 e. The van der Waals surface area contributed by atoms with Crippen molar-refractivity contribution in [3.63, 3.8) is 0 Å². The van der Waals surface area contributed by atoms with Crippen LogP contribution in [0.1, 0.15) is 11.7 Å². The minimum atomic E-state index is -1.85. The normalized spacial score (nSPS) is 14.1. The zero-order valence-corrected chi connectivity index (χ0v) is 8.41. The highest BCUT2D eigenvalue weighted by Crippen LogP contribution is 2.24. The number of carboxylic acids is 1. The fourth-order valence-electron chi connectivity index (χ4n) is 1.20. The van der Waals surface area contributed by atoms with E-state index in [1.807, 2.05) is 0 Å². The second kappa shape index (κ2) is 4.85. The minimum absolute atomic E-state index is 0.460. The number of nitro benzene ring substituents is 1. The number of nitrogens with zero attached hydrogens (tertiary/aromatic N) is 1. The van der Waals surface area contributed by atoms with Crippen molar-refractivity contribution in [3.05, 3.63) is 39.7 Å². The summed E-state index contributed by atoms with van der Waals surface area (Å²) < 4.78 is 13.3. The first-order valence-electron chi connectivity index (χ1n) is 4.45. The predicted molar refractivity (Wildman–Crippen MR) is 53.6 cm³/mol. The van der Waals surface area contributed by atoms with Crippen LogP contribution >= 0.6 is 0 Å². The third kappa shape index (κ3) is 2.74. The van der Waals surface area contributed by atoms with Gasteiger partial charge in [0.05, 0.1) is 4.92 Å². The van der Waals surface area contributed by atoms with E-state index in [0.29, 0.717) is 0 Å². The van der Waals surface area contributed by atoms with E-state index < -0.39 is 40.1 Å². The number of benzene rings is 1. The zero-order valence-electron chi connectivity index (χ0n) is 8.41. The fraction of sp³-hybridized carbons (Fsp3) is 0.222. The molecule has 17 heavy (non-hydrogen) atoms. The maximum atomic E-state index is 13.3. The van der Waals surface area contributed by atoms with Crippen LogP contribution in [0, 0.1) is 15.9 Å². The highest BCUT2D eigenvalue weighted by atomic mass is 19.1. The molecule has 1 aromatic rings. The first kappa shape index (κ1) is 13.0. The molecule has 7 nitrogen and oxygen atoms in total. The van der Waals surface area contributed by atoms with E-state index in [-0.39, 0.29) is 0 Å². The van der Waals surface area contributed by atoms with E-state index in [2.05, 4.69) is 0 Å². The van der Waals surface area contributed by atoms with E-state index in [9.17, 15) is 24.4 Å². The Labute approximate surface area is 94.4 Å². The number of carbonyl (C=O) groups is 1. The summed E-state index contributed by atoms with van der Waals surface area (Å²) in [6, 6.07) is 0.665. The fourth-order valence-corrected chi connectivity index (χ4v) is 1.20. The highest BCUT2D eigenvalue weighted by Gasteiger charge is 2.27. The number of rotatable bonds is 4. The standard InChI is InChI=1S/C9H9FN2O5/c10-6-2-1-4(12(16)17)3-5(6)8(13)7(11)9(14)15/h1-3,7-8,13H,11H2,(H,14,15). The SMILES string of the molecule is NC(C(=O)O)C(O)c1cc([N+](=O)[O-])ccc1F. The van der Waals surface area contributed by atoms with Gasteiger partial charge in [0.15, 0.2) is 0 Å². The zero-order chi connectivity index (χ0) is 13.2. The minimum Gasteiger partial charge on any atom is -0.480 e. The molecule has 0 bridgehead atoms. The van der Waals surface area contributed by atoms with Gasteiger partial charge in [-0.15, -0.1) is 0 Å². The summed E-state index contributed by atoms with van der Waals surface area (Å²) in [5.41, 5.74) is 4.12. The van der Waals surface area contributed by atoms with Crippen molar-refractivity contribution >= 4 is 11.7 Å². The van der Waals surface area contributed by atoms with Gasteiger partial charge in [0, 0.05) is 17.7 Å². The Balaban J connectivity index is 3.16. The molecule has 0 radical (unpaired) electrons. The molecule has 0 spiro atoms. The second-order valence-electron chi connectivity index (χ2n) is 3.27. The molecule has 0 saturated heterocycles. The molecule has 92 valence electrons. The molecule has 1 rings (SSSR count). The molecule has 0 aliphatic heterocycles. The Morgan fingerprint density at radius 2 is 2.12 bits per heavy atom. The van der Waals surface area contributed by atoms with Gasteiger partial charge in [0.1, 0.15) is 18.0 Å². The summed E-state index contributed by atoms with van der Waals surface area (Å²) in [5, 5.41) is 28.5. The predicted octanol–water partition coefficient (Wildman–Crippen LogP) is 0.179. The lowest BCUT2D eigenvalue weighted by molar-refractivity contribution is -0.385. The molecule has 1 aromatic carbocycles. The third-order valence-electron chi connectivity index (χ3n) is 2.13. The van der Waals surface area contributed by atoms with Gasteiger partial charge in [-0.1, -0.05) is 0 Å². The molecule has 0 amide bonds. The first-order chi connectivity index (χ1) is 7.84. The summed E-state index contributed by atoms with van der Waals surface area (Å²) >= 11 is 0. The molecule has 0 aliphatic carbocycles. The van der Waals surface area contributed by atoms with Gasteiger partial charge in [0.2, 0.25) is 0 Å². The molecule has 0 saturated carbocycles. The summed E-state index contributed by atoms with van der Waals surface area (Å²) in [5.74, 6) is -2.50. The molecule has 0 fully saturated rings. The number of nitro groups is 1. The van der Waals surface area contributed by atoms with Gasteiger partial charge >= 0.3 is 5.97 Å². The average Bonchev–Trinajstić information content (AvgIpc) is 2.27. The monoisotopic (exact) mass is 244 g/mol. The molecule has 8 heteroatoms. The number of hydrogen-bond acceptors (Lipinski definition) is 5. The van der Waals surface area contributed by atoms with Gasteiger partial charge in [-0.25, -0.2) is 4.39 Å². The summed E-state index contributed by atoms with van der Waals surface area (Å²) in [6.07, 6.45) is -1.85. The van der Waals surface area contributed by atoms with Gasteiger partial charge in [-0.3, -0.25) is 14.9 Å². The van der Waals surface area contributed by atoms with Crippen LogP contribution in [0.5, 0.6) is 0 Å². The number of aliphatic hydroxyl groups is 1. The van der Waals surface area contributed by atoms with Crippen LogP contribution in [0.4, 0.5) is 10.1 Å². The Morgan fingerprint density at radius 3 is 2.59 bits per heavy atom. The lowest BCUT2D eigenvalue weighted by Crippen LogP contribution is -2.36. The van der Waals surface area contributed by atoms with Crippen molar-refractivity contribution in [2.24, 2.45) is 5.73 Å². The van der Waals surface area contributed by atoms with E-state index >= 15 is 0 Å². The van der Waals surface area contributed by atoms with Gasteiger partial charge in [-0.2, -0.15) is 0 Å². The molecule has 2 atom stereocenters. The number of hydrogen-bond donors (Lipinski definition) is 3. The summed E-state index contributed by atoms with van der Waals surface area (Å²) in [4.78, 5) is 20.2. The Hall–Kier alpha value is -2.06. The molecule has 4 N–H and O–H groups in total. The first-order valence-corrected chi connectivity index (χ1v) is 4.45. The van der Waals surface area contributed by atoms with Gasteiger partial charge < -0.3 is 15.9 Å². The van der Waals surface area contributed by atoms with E-state index in [1.165, 1.54) is 0 Å². The lowest BCUT2D eigenvalue weighted by atomic mass is 10.0. The van der Waals surface area contributed by atoms with E-state index in [1.54, 1.807) is 0 Å². The Bertz CT molecular complexity index is 465. The Kier molecular flexibility index (Phi) is 3.71. The largest absolute Gasteiger partial charge is 0.480 e. The highest BCUT2D eigenvalue weighted by molar-refractivity contribution is 5.74. The number of halogens is 1. The summed E-state index contributed by atoms with van der Waals surface area (Å²) in [7, 11) is 0. The third-order valence-corrected chi connectivity index (χ3v) is 2.13. The van der Waals surface area contributed by atoms with Crippen LogP contribution in [-0.4, -0.2) is 27.1 Å². The number of nitrogens with two attached hydrogens (primary N) is 1. The molecule has 0 aromatic heterocycles. The molecule has 2 unspecified atom stereocenters. The smallest absolute Gasteiger partial charge is 0.323 e. The van der Waals surface area contributed by atoms with Crippen LogP contribution < -0.4 is 5.73 Å². The van der Waals surface area contributed by atoms with Crippen LogP contribution in [0.3, 0.4) is 0 Å². The van der Waals surface area contributed by atoms with Crippen molar-refractivity contribution < 1.29 is 24.3 Å². The van der Waals surface area contributed by atoms with Gasteiger partial charge in [0.25, 0.3) is 5.69 Å². The average molecular weight is 244 g/mol. The van der Waals surface area contributed by atoms with Crippen LogP contribution in [0.15, 0.2) is 18.2 Å². The van der Waals surface area contributed by atoms with Crippen molar-refractivity contribution in [2.45, 2.75) is 12.1 Å². The molecular weight excluding hydrogens is 235 g/mol. The number of aliphatic hydroxyl groups excluding tert-OH is 1. The number of aliphatic carboxylic acids is 1. The van der Waals surface area contributed by atoms with Crippen molar-refractivity contribution in [1.29, 1.82) is 0 Å². The Morgan fingerprint density at radius 1 is 1.53 bits per heavy atom. The lowest BCUT2D eigenvalue weighted by Gasteiger charge is -2.15. The molecular formula is C9H9FN2O5. The topological polar surface area (TPSA) is 127 Å². The van der Waals surface area contributed by atoms with Gasteiger partial charge in [-0.05, 0) is 6.07 Å².